The van der Waals surface area contributed by atoms with Crippen LogP contribution in [0.4, 0.5) is 0 Å². The Kier molecular flexibility index (Phi) is 5.23. The molecule has 2 aromatic carbocycles. The summed E-state index contributed by atoms with van der Waals surface area (Å²) in [5.74, 6) is 1.17. The molecule has 0 fully saturated rings. The Labute approximate surface area is 156 Å². The van der Waals surface area contributed by atoms with Gasteiger partial charge in [-0.1, -0.05) is 40.5 Å². The fourth-order valence-corrected chi connectivity index (χ4v) is 2.77. The second kappa shape index (κ2) is 7.58. The lowest BCUT2D eigenvalue weighted by molar-refractivity contribution is 0.0769. The van der Waals surface area contributed by atoms with Gasteiger partial charge >= 0.3 is 0 Å². The first-order chi connectivity index (χ1) is 12.5. The molecule has 3 rings (SSSR count). The van der Waals surface area contributed by atoms with Crippen LogP contribution in [0.3, 0.4) is 0 Å². The van der Waals surface area contributed by atoms with Gasteiger partial charge in [-0.25, -0.2) is 0 Å². The average Bonchev–Trinajstić information content (AvgIpc) is 3.09. The first kappa shape index (κ1) is 17.9. The molecule has 0 N–H and O–H groups in total. The van der Waals surface area contributed by atoms with Crippen LogP contribution in [-0.4, -0.2) is 35.1 Å². The van der Waals surface area contributed by atoms with Gasteiger partial charge in [0.15, 0.2) is 0 Å². The van der Waals surface area contributed by atoms with Crippen molar-refractivity contribution in [3.8, 4) is 17.1 Å². The van der Waals surface area contributed by atoms with E-state index < -0.39 is 0 Å². The Morgan fingerprint density at radius 1 is 1.27 bits per heavy atom. The van der Waals surface area contributed by atoms with E-state index in [0.29, 0.717) is 28.1 Å². The van der Waals surface area contributed by atoms with Crippen molar-refractivity contribution in [1.82, 2.24) is 15.0 Å². The molecular weight excluding hydrogens is 354 g/mol. The Morgan fingerprint density at radius 3 is 2.77 bits per heavy atom. The lowest BCUT2D eigenvalue weighted by Crippen LogP contribution is -2.26. The molecule has 0 unspecified atom stereocenters. The molecule has 1 aromatic heterocycles. The van der Waals surface area contributed by atoms with E-state index in [1.165, 1.54) is 12.0 Å². The van der Waals surface area contributed by atoms with Gasteiger partial charge in [-0.05, 0) is 31.2 Å². The molecule has 0 saturated heterocycles. The van der Waals surface area contributed by atoms with E-state index in [-0.39, 0.29) is 12.5 Å². The molecule has 0 aliphatic heterocycles. The van der Waals surface area contributed by atoms with Crippen molar-refractivity contribution in [3.63, 3.8) is 0 Å². The number of ether oxygens (including phenoxy) is 1. The number of benzene rings is 2. The number of hydrogen-bond acceptors (Lipinski definition) is 5. The number of carbonyl (C=O) groups is 1. The third-order valence-corrected chi connectivity index (χ3v) is 4.16. The number of carbonyl (C=O) groups excluding carboxylic acids is 1. The maximum Gasteiger partial charge on any atom is 0.254 e. The van der Waals surface area contributed by atoms with E-state index in [2.05, 4.69) is 10.1 Å². The zero-order chi connectivity index (χ0) is 18.7. The molecule has 6 nitrogen and oxygen atoms in total. The van der Waals surface area contributed by atoms with Crippen LogP contribution in [0.5, 0.6) is 5.75 Å². The quantitative estimate of drug-likeness (QED) is 0.678. The van der Waals surface area contributed by atoms with Crippen LogP contribution >= 0.6 is 11.6 Å². The van der Waals surface area contributed by atoms with E-state index in [1.54, 1.807) is 25.2 Å². The lowest BCUT2D eigenvalue weighted by Gasteiger charge is -2.15. The van der Waals surface area contributed by atoms with Crippen LogP contribution in [0.25, 0.3) is 11.4 Å². The largest absolute Gasteiger partial charge is 0.495 e. The summed E-state index contributed by atoms with van der Waals surface area (Å²) in [6, 6.07) is 12.7. The zero-order valence-electron chi connectivity index (χ0n) is 14.7. The fourth-order valence-electron chi connectivity index (χ4n) is 2.51. The highest BCUT2D eigenvalue weighted by atomic mass is 35.5. The van der Waals surface area contributed by atoms with Crippen LogP contribution in [0.1, 0.15) is 21.8 Å². The molecule has 0 aliphatic carbocycles. The topological polar surface area (TPSA) is 68.5 Å². The first-order valence-corrected chi connectivity index (χ1v) is 8.34. The summed E-state index contributed by atoms with van der Waals surface area (Å²) in [7, 11) is 3.19. The van der Waals surface area contributed by atoms with Crippen molar-refractivity contribution >= 4 is 17.5 Å². The highest BCUT2D eigenvalue weighted by Gasteiger charge is 2.17. The highest BCUT2D eigenvalue weighted by Crippen LogP contribution is 2.25. The number of amides is 1. The van der Waals surface area contributed by atoms with Crippen molar-refractivity contribution in [2.45, 2.75) is 13.5 Å². The molecule has 0 aliphatic rings. The minimum atomic E-state index is -0.204. The van der Waals surface area contributed by atoms with E-state index in [9.17, 15) is 4.79 Å². The maximum absolute atomic E-state index is 12.6. The Balaban J connectivity index is 1.73. The molecule has 0 bridgehead atoms. The summed E-state index contributed by atoms with van der Waals surface area (Å²) in [4.78, 5) is 18.4. The normalized spacial score (nSPS) is 10.6. The van der Waals surface area contributed by atoms with Crippen LogP contribution < -0.4 is 4.74 Å². The number of nitrogens with zero attached hydrogens (tertiary/aromatic N) is 3. The molecule has 1 amide bonds. The summed E-state index contributed by atoms with van der Waals surface area (Å²) in [6.07, 6.45) is 0. The van der Waals surface area contributed by atoms with Gasteiger partial charge < -0.3 is 14.2 Å². The predicted molar refractivity (Wildman–Crippen MR) is 98.3 cm³/mol. The van der Waals surface area contributed by atoms with Crippen LogP contribution in [-0.2, 0) is 6.54 Å². The minimum Gasteiger partial charge on any atom is -0.495 e. The molecule has 3 aromatic rings. The molecule has 0 saturated carbocycles. The Hall–Kier alpha value is -2.86. The van der Waals surface area contributed by atoms with Crippen molar-refractivity contribution < 1.29 is 14.1 Å². The van der Waals surface area contributed by atoms with E-state index >= 15 is 0 Å². The third kappa shape index (κ3) is 3.86. The Bertz CT molecular complexity index is 939. The van der Waals surface area contributed by atoms with Gasteiger partial charge in [0, 0.05) is 18.2 Å². The highest BCUT2D eigenvalue weighted by molar-refractivity contribution is 6.32. The van der Waals surface area contributed by atoms with Gasteiger partial charge in [0.25, 0.3) is 5.91 Å². The van der Waals surface area contributed by atoms with Crippen LogP contribution in [0.15, 0.2) is 47.0 Å². The SMILES string of the molecule is COc1ccc(C(=O)N(C)Cc2nc(-c3cccc(C)c3)no2)cc1Cl. The molecular formula is C19H18ClN3O3. The average molecular weight is 372 g/mol. The number of aromatic nitrogens is 2. The first-order valence-electron chi connectivity index (χ1n) is 7.96. The number of halogens is 1. The molecule has 0 atom stereocenters. The second-order valence-corrected chi connectivity index (χ2v) is 6.30. The molecule has 134 valence electrons. The van der Waals surface area contributed by atoms with Gasteiger partial charge in [-0.2, -0.15) is 4.98 Å². The summed E-state index contributed by atoms with van der Waals surface area (Å²) in [5.41, 5.74) is 2.44. The van der Waals surface area contributed by atoms with E-state index in [0.717, 1.165) is 11.1 Å². The van der Waals surface area contributed by atoms with Gasteiger partial charge in [-0.3, -0.25) is 4.79 Å². The number of aryl methyl sites for hydroxylation is 1. The van der Waals surface area contributed by atoms with Crippen molar-refractivity contribution in [3.05, 3.63) is 64.5 Å². The van der Waals surface area contributed by atoms with Gasteiger partial charge in [0.2, 0.25) is 11.7 Å². The standard InChI is InChI=1S/C19H18ClN3O3/c1-12-5-4-6-13(9-12)18-21-17(26-22-18)11-23(2)19(24)14-7-8-16(25-3)15(20)10-14/h4-10H,11H2,1-3H3. The Morgan fingerprint density at radius 2 is 2.08 bits per heavy atom. The monoisotopic (exact) mass is 371 g/mol. The summed E-state index contributed by atoms with van der Waals surface area (Å²) >= 11 is 6.09. The van der Waals surface area contributed by atoms with Crippen LogP contribution in [0, 0.1) is 6.92 Å². The predicted octanol–water partition coefficient (Wildman–Crippen LogP) is 3.98. The third-order valence-electron chi connectivity index (χ3n) is 3.86. The maximum atomic E-state index is 12.6. The zero-order valence-corrected chi connectivity index (χ0v) is 15.4. The molecule has 1 heterocycles. The summed E-state index contributed by atoms with van der Waals surface area (Å²) in [5, 5.41) is 4.37. The van der Waals surface area contributed by atoms with E-state index in [4.69, 9.17) is 20.9 Å². The van der Waals surface area contributed by atoms with Gasteiger partial charge in [-0.15, -0.1) is 0 Å². The molecule has 7 heteroatoms. The fraction of sp³-hybridized carbons (Fsp3) is 0.211. The van der Waals surface area contributed by atoms with E-state index in [1.807, 2.05) is 31.2 Å². The van der Waals surface area contributed by atoms with Gasteiger partial charge in [0.05, 0.1) is 18.7 Å². The minimum absolute atomic E-state index is 0.196. The summed E-state index contributed by atoms with van der Waals surface area (Å²) in [6.45, 7) is 2.19. The van der Waals surface area contributed by atoms with Crippen molar-refractivity contribution in [2.75, 3.05) is 14.2 Å². The number of rotatable bonds is 5. The molecule has 0 spiro atoms. The van der Waals surface area contributed by atoms with Crippen molar-refractivity contribution in [1.29, 1.82) is 0 Å². The number of hydrogen-bond donors (Lipinski definition) is 0. The molecule has 26 heavy (non-hydrogen) atoms. The molecule has 0 radical (unpaired) electrons. The second-order valence-electron chi connectivity index (χ2n) is 5.89. The van der Waals surface area contributed by atoms with Crippen molar-refractivity contribution in [2.24, 2.45) is 0 Å². The van der Waals surface area contributed by atoms with Crippen LogP contribution in [0.2, 0.25) is 5.02 Å². The number of methoxy groups -OCH3 is 1. The summed E-state index contributed by atoms with van der Waals surface area (Å²) < 4.78 is 10.4. The smallest absolute Gasteiger partial charge is 0.254 e. The van der Waals surface area contributed by atoms with Gasteiger partial charge in [0.1, 0.15) is 5.75 Å². The lowest BCUT2D eigenvalue weighted by atomic mass is 10.1.